The minimum absolute atomic E-state index is 0. The number of hydrogen-bond donors (Lipinski definition) is 2. The smallest absolute Gasteiger partial charge is 0.0878 e. The van der Waals surface area contributed by atoms with E-state index in [0.717, 1.165) is 39.3 Å². The molecule has 38 heavy (non-hydrogen) atoms. The van der Waals surface area contributed by atoms with Crippen molar-refractivity contribution in [2.75, 3.05) is 0 Å². The molecule has 0 amide bonds. The Morgan fingerprint density at radius 1 is 0.763 bits per heavy atom. The van der Waals surface area contributed by atoms with Crippen molar-refractivity contribution in [2.45, 2.75) is 74.0 Å². The van der Waals surface area contributed by atoms with Crippen LogP contribution in [-0.4, -0.2) is 32.4 Å². The van der Waals surface area contributed by atoms with Gasteiger partial charge in [-0.1, -0.05) is 61.4 Å². The van der Waals surface area contributed by atoms with Crippen LogP contribution in [0.1, 0.15) is 53.6 Å². The van der Waals surface area contributed by atoms with Crippen LogP contribution in [0.2, 0.25) is 0 Å². The van der Waals surface area contributed by atoms with Crippen LogP contribution in [0.3, 0.4) is 0 Å². The summed E-state index contributed by atoms with van der Waals surface area (Å²) in [4.78, 5) is 10.1. The normalized spacial score (nSPS) is 12.2. The molecule has 0 bridgehead atoms. The Morgan fingerprint density at radius 3 is 1.82 bits per heavy atom. The van der Waals surface area contributed by atoms with Crippen molar-refractivity contribution in [3.63, 3.8) is 0 Å². The van der Waals surface area contributed by atoms with Crippen LogP contribution in [-0.2, 0) is 20.1 Å². The maximum Gasteiger partial charge on any atom is 0.0878 e. The van der Waals surface area contributed by atoms with Crippen LogP contribution >= 0.6 is 0 Å². The third-order valence-corrected chi connectivity index (χ3v) is 6.09. The molecule has 5 heteroatoms. The van der Waals surface area contributed by atoms with Gasteiger partial charge in [-0.3, -0.25) is 4.98 Å². The summed E-state index contributed by atoms with van der Waals surface area (Å²) in [5.41, 5.74) is 13.1. The van der Waals surface area contributed by atoms with Gasteiger partial charge in [0.2, 0.25) is 0 Å². The number of benzene rings is 3. The van der Waals surface area contributed by atoms with Gasteiger partial charge >= 0.3 is 0 Å². The molecule has 4 aromatic rings. The topological polar surface area (TPSA) is 66.2 Å². The molecule has 1 radical (unpaired) electrons. The van der Waals surface area contributed by atoms with Crippen LogP contribution in [0.5, 0.6) is 0 Å². The number of hydrogen-bond acceptors (Lipinski definition) is 4. The van der Waals surface area contributed by atoms with E-state index in [-0.39, 0.29) is 32.3 Å². The molecule has 0 saturated heterocycles. The number of aryl methyl sites for hydroxylation is 6. The predicted octanol–water partition coefficient (Wildman–Crippen LogP) is 7.26. The summed E-state index contributed by atoms with van der Waals surface area (Å²) in [6, 6.07) is 20.7. The van der Waals surface area contributed by atoms with Crippen molar-refractivity contribution in [3.05, 3.63) is 94.2 Å². The molecule has 4 rings (SSSR count). The van der Waals surface area contributed by atoms with E-state index in [9.17, 15) is 0 Å². The Bertz CT molecular complexity index is 1310. The Balaban J connectivity index is 0.000000561. The van der Waals surface area contributed by atoms with Gasteiger partial charge in [0.1, 0.15) is 0 Å². The van der Waals surface area contributed by atoms with Crippen LogP contribution < -0.4 is 0 Å². The van der Waals surface area contributed by atoms with E-state index in [1.165, 1.54) is 27.8 Å². The zero-order valence-electron chi connectivity index (χ0n) is 23.7. The molecular weight excluding hydrogens is 649 g/mol. The van der Waals surface area contributed by atoms with Crippen LogP contribution in [0, 0.1) is 47.6 Å². The summed E-state index contributed by atoms with van der Waals surface area (Å²) < 4.78 is 0. The first-order chi connectivity index (χ1) is 17.4. The largest absolute Gasteiger partial charge is 0.393 e. The standard InChI is InChI=1S/C28H27N2.C5H12O2.Ir/c1-17-10-18(2)13-23(12-17)27-28(24-14-19(3)11-20(4)15-24)30-25(16-29-27)26-21(5)8-7-9-22(26)6;1-4(6)3-5(2)7;/h7-12,14-16H,1-6H3;4-7H,3H2,1-2H3;/q-1;;. The third kappa shape index (κ3) is 8.41. The molecule has 0 aliphatic rings. The number of nitrogens with zero attached hydrogens (tertiary/aromatic N) is 2. The van der Waals surface area contributed by atoms with Gasteiger partial charge in [-0.2, -0.15) is 0 Å². The number of aromatic nitrogens is 2. The van der Waals surface area contributed by atoms with Crippen molar-refractivity contribution in [2.24, 2.45) is 0 Å². The average Bonchev–Trinajstić information content (AvgIpc) is 2.77. The summed E-state index contributed by atoms with van der Waals surface area (Å²) in [5.74, 6) is 0. The zero-order chi connectivity index (χ0) is 27.3. The van der Waals surface area contributed by atoms with Gasteiger partial charge in [-0.15, -0.1) is 34.9 Å². The first kappa shape index (κ1) is 31.5. The number of rotatable bonds is 5. The summed E-state index contributed by atoms with van der Waals surface area (Å²) >= 11 is 0. The first-order valence-electron chi connectivity index (χ1n) is 12.8. The molecule has 3 aromatic carbocycles. The summed E-state index contributed by atoms with van der Waals surface area (Å²) in [5, 5.41) is 17.1. The van der Waals surface area contributed by atoms with E-state index in [0.29, 0.717) is 6.42 Å². The fraction of sp³-hybridized carbons (Fsp3) is 0.333. The van der Waals surface area contributed by atoms with E-state index >= 15 is 0 Å². The molecule has 1 aromatic heterocycles. The van der Waals surface area contributed by atoms with Crippen molar-refractivity contribution in [1.82, 2.24) is 9.97 Å². The maximum atomic E-state index is 8.56. The quantitative estimate of drug-likeness (QED) is 0.217. The molecule has 0 fully saturated rings. The fourth-order valence-corrected chi connectivity index (χ4v) is 4.75. The van der Waals surface area contributed by atoms with Crippen LogP contribution in [0.15, 0.2) is 54.7 Å². The molecular formula is C33H39IrN2O2-. The molecule has 2 unspecified atom stereocenters. The van der Waals surface area contributed by atoms with Crippen molar-refractivity contribution < 1.29 is 30.3 Å². The Hall–Kier alpha value is -2.69. The molecule has 0 spiro atoms. The van der Waals surface area contributed by atoms with E-state index in [1.54, 1.807) is 13.8 Å². The average molecular weight is 688 g/mol. The molecule has 2 N–H and O–H groups in total. The Kier molecular flexibility index (Phi) is 11.5. The van der Waals surface area contributed by atoms with Gasteiger partial charge in [0.15, 0.2) is 0 Å². The van der Waals surface area contributed by atoms with E-state index in [4.69, 9.17) is 20.2 Å². The number of aliphatic hydroxyl groups excluding tert-OH is 2. The second-order valence-electron chi connectivity index (χ2n) is 10.3. The van der Waals surface area contributed by atoms with Gasteiger partial charge in [0.05, 0.1) is 23.6 Å². The van der Waals surface area contributed by atoms with E-state index < -0.39 is 0 Å². The summed E-state index contributed by atoms with van der Waals surface area (Å²) in [6.45, 7) is 16.0. The van der Waals surface area contributed by atoms with Gasteiger partial charge < -0.3 is 15.2 Å². The van der Waals surface area contributed by atoms with E-state index in [2.05, 4.69) is 96.1 Å². The summed E-state index contributed by atoms with van der Waals surface area (Å²) in [7, 11) is 0. The molecule has 0 saturated carbocycles. The van der Waals surface area contributed by atoms with E-state index in [1.807, 2.05) is 6.20 Å². The Morgan fingerprint density at radius 2 is 1.32 bits per heavy atom. The predicted molar refractivity (Wildman–Crippen MR) is 154 cm³/mol. The van der Waals surface area contributed by atoms with Crippen molar-refractivity contribution in [1.29, 1.82) is 0 Å². The maximum absolute atomic E-state index is 8.56. The number of aliphatic hydroxyl groups is 2. The van der Waals surface area contributed by atoms with Gasteiger partial charge in [0.25, 0.3) is 0 Å². The molecule has 0 aliphatic heterocycles. The summed E-state index contributed by atoms with van der Waals surface area (Å²) in [6.07, 6.45) is 1.63. The molecule has 2 atom stereocenters. The molecule has 1 heterocycles. The first-order valence-corrected chi connectivity index (χ1v) is 12.8. The minimum Gasteiger partial charge on any atom is -0.393 e. The molecule has 4 nitrogen and oxygen atoms in total. The fourth-order valence-electron chi connectivity index (χ4n) is 4.75. The van der Waals surface area contributed by atoms with Crippen molar-refractivity contribution in [3.8, 4) is 33.8 Å². The van der Waals surface area contributed by atoms with Gasteiger partial charge in [-0.25, -0.2) is 0 Å². The van der Waals surface area contributed by atoms with Gasteiger partial charge in [0, 0.05) is 37.6 Å². The monoisotopic (exact) mass is 688 g/mol. The van der Waals surface area contributed by atoms with Crippen molar-refractivity contribution >= 4 is 0 Å². The molecule has 0 aliphatic carbocycles. The zero-order valence-corrected chi connectivity index (χ0v) is 26.1. The second-order valence-corrected chi connectivity index (χ2v) is 10.3. The Labute approximate surface area is 241 Å². The second kappa shape index (κ2) is 13.9. The van der Waals surface area contributed by atoms with Gasteiger partial charge in [-0.05, 0) is 64.7 Å². The molecule has 203 valence electrons. The van der Waals surface area contributed by atoms with Crippen LogP contribution in [0.25, 0.3) is 33.8 Å². The SMILES string of the molecule is CC(O)CC(C)O.Cc1[c-]c(-c2ncc(-c3c(C)cccc3C)nc2-c2cc(C)cc(C)c2)cc(C)c1.[Ir]. The van der Waals surface area contributed by atoms with Crippen LogP contribution in [0.4, 0.5) is 0 Å². The third-order valence-electron chi connectivity index (χ3n) is 6.09. The minimum atomic E-state index is -0.375.